The highest BCUT2D eigenvalue weighted by atomic mass is 31.2. The molecule has 0 radical (unpaired) electrons. The molecule has 124 valence electrons. The van der Waals surface area contributed by atoms with Crippen LogP contribution in [0.5, 0.6) is 5.75 Å². The molecule has 2 rings (SSSR count). The second-order valence-electron chi connectivity index (χ2n) is 5.80. The molecule has 0 spiro atoms. The summed E-state index contributed by atoms with van der Waals surface area (Å²) in [5.41, 5.74) is 2.25. The summed E-state index contributed by atoms with van der Waals surface area (Å²) in [6.07, 6.45) is 0.719. The quantitative estimate of drug-likeness (QED) is 0.628. The first-order valence-electron chi connectivity index (χ1n) is 7.98. The molecule has 0 fully saturated rings. The molecule has 2 atom stereocenters. The van der Waals surface area contributed by atoms with Crippen LogP contribution in [0.1, 0.15) is 25.0 Å². The van der Waals surface area contributed by atoms with E-state index < -0.39 is 7.37 Å². The molecule has 0 N–H and O–H groups in total. The van der Waals surface area contributed by atoms with Crippen LogP contribution < -0.4 is 4.74 Å². The van der Waals surface area contributed by atoms with Gasteiger partial charge in [-0.3, -0.25) is 4.57 Å². The van der Waals surface area contributed by atoms with Gasteiger partial charge < -0.3 is 9.26 Å². The van der Waals surface area contributed by atoms with Crippen molar-refractivity contribution in [1.29, 1.82) is 0 Å². The molecular weight excluding hydrogens is 307 g/mol. The Labute approximate surface area is 139 Å². The van der Waals surface area contributed by atoms with Crippen LogP contribution in [0.3, 0.4) is 0 Å². The van der Waals surface area contributed by atoms with Crippen LogP contribution >= 0.6 is 7.37 Å². The lowest BCUT2D eigenvalue weighted by Gasteiger charge is -2.20. The summed E-state index contributed by atoms with van der Waals surface area (Å²) in [4.78, 5) is 0. The Kier molecular flexibility index (Phi) is 6.44. The number of hydrogen-bond donors (Lipinski definition) is 0. The van der Waals surface area contributed by atoms with E-state index in [-0.39, 0.29) is 5.66 Å². The molecule has 0 aliphatic carbocycles. The smallest absolute Gasteiger partial charge is 0.203 e. The largest absolute Gasteiger partial charge is 0.489 e. The number of ether oxygens (including phenoxy) is 1. The second kappa shape index (κ2) is 8.33. The second-order valence-corrected chi connectivity index (χ2v) is 8.76. The lowest BCUT2D eigenvalue weighted by molar-refractivity contribution is 0.306. The van der Waals surface area contributed by atoms with Crippen molar-refractivity contribution in [3.05, 3.63) is 65.7 Å². The Balaban J connectivity index is 1.98. The van der Waals surface area contributed by atoms with Gasteiger partial charge in [0, 0.05) is 12.3 Å². The molecule has 0 aliphatic rings. The zero-order chi connectivity index (χ0) is 16.7. The summed E-state index contributed by atoms with van der Waals surface area (Å²) in [6, 6.07) is 18.1. The molecule has 4 heteroatoms. The van der Waals surface area contributed by atoms with Crippen molar-refractivity contribution in [3.63, 3.8) is 0 Å². The van der Waals surface area contributed by atoms with Crippen molar-refractivity contribution in [2.24, 2.45) is 0 Å². The summed E-state index contributed by atoms with van der Waals surface area (Å²) in [5, 5.41) is 0. The van der Waals surface area contributed by atoms with Gasteiger partial charge in [0.1, 0.15) is 12.4 Å². The average molecular weight is 332 g/mol. The van der Waals surface area contributed by atoms with Crippen LogP contribution in [-0.4, -0.2) is 18.9 Å². The van der Waals surface area contributed by atoms with Gasteiger partial charge in [0.05, 0.1) is 6.61 Å². The zero-order valence-corrected chi connectivity index (χ0v) is 15.0. The minimum Gasteiger partial charge on any atom is -0.489 e. The van der Waals surface area contributed by atoms with E-state index in [0.29, 0.717) is 13.2 Å². The highest BCUT2D eigenvalue weighted by Gasteiger charge is 2.24. The maximum Gasteiger partial charge on any atom is 0.203 e. The summed E-state index contributed by atoms with van der Waals surface area (Å²) in [5.74, 6) is 0.834. The molecule has 23 heavy (non-hydrogen) atoms. The van der Waals surface area contributed by atoms with Crippen molar-refractivity contribution in [2.75, 3.05) is 13.3 Å². The fraction of sp³-hybridized carbons (Fsp3) is 0.368. The molecule has 2 aromatic carbocycles. The molecule has 0 bridgehead atoms. The van der Waals surface area contributed by atoms with Crippen LogP contribution in [0, 0.1) is 0 Å². The maximum absolute atomic E-state index is 12.5. The van der Waals surface area contributed by atoms with E-state index in [9.17, 15) is 4.57 Å². The van der Waals surface area contributed by atoms with Crippen molar-refractivity contribution < 1.29 is 13.8 Å². The standard InChI is InChI=1S/C19H25O3P/c1-4-22-23(3,20)16(2)13-18-11-8-12-19(14-18)21-15-17-9-6-5-7-10-17/h5-12,14,16H,4,13,15H2,1-3H3/t16-,23?/m1/s1. The van der Waals surface area contributed by atoms with Crippen LogP contribution in [0.15, 0.2) is 54.6 Å². The van der Waals surface area contributed by atoms with E-state index >= 15 is 0 Å². The summed E-state index contributed by atoms with van der Waals surface area (Å²) < 4.78 is 23.7. The molecule has 0 saturated carbocycles. The molecule has 0 saturated heterocycles. The van der Waals surface area contributed by atoms with Gasteiger partial charge in [-0.1, -0.05) is 49.4 Å². The van der Waals surface area contributed by atoms with Gasteiger partial charge in [-0.05, 0) is 36.6 Å². The van der Waals surface area contributed by atoms with Crippen LogP contribution in [0.2, 0.25) is 0 Å². The van der Waals surface area contributed by atoms with Crippen LogP contribution in [-0.2, 0) is 22.1 Å². The lowest BCUT2D eigenvalue weighted by Crippen LogP contribution is -2.09. The normalized spacial score (nSPS) is 14.9. The van der Waals surface area contributed by atoms with Gasteiger partial charge in [-0.25, -0.2) is 0 Å². The fourth-order valence-electron chi connectivity index (χ4n) is 2.39. The Morgan fingerprint density at radius 2 is 1.74 bits per heavy atom. The summed E-state index contributed by atoms with van der Waals surface area (Å²) >= 11 is 0. The Morgan fingerprint density at radius 1 is 1.04 bits per heavy atom. The third-order valence-corrected chi connectivity index (χ3v) is 6.42. The first-order valence-corrected chi connectivity index (χ1v) is 10.1. The lowest BCUT2D eigenvalue weighted by atomic mass is 10.1. The van der Waals surface area contributed by atoms with Crippen LogP contribution in [0.25, 0.3) is 0 Å². The van der Waals surface area contributed by atoms with Gasteiger partial charge in [-0.2, -0.15) is 0 Å². The van der Waals surface area contributed by atoms with Crippen molar-refractivity contribution in [1.82, 2.24) is 0 Å². The van der Waals surface area contributed by atoms with E-state index in [0.717, 1.165) is 23.3 Å². The monoisotopic (exact) mass is 332 g/mol. The third kappa shape index (κ3) is 5.53. The topological polar surface area (TPSA) is 35.5 Å². The fourth-order valence-corrected chi connectivity index (χ4v) is 3.70. The van der Waals surface area contributed by atoms with Gasteiger partial charge in [0.15, 0.2) is 0 Å². The Hall–Kier alpha value is -1.57. The van der Waals surface area contributed by atoms with Crippen molar-refractivity contribution >= 4 is 7.37 Å². The highest BCUT2D eigenvalue weighted by Crippen LogP contribution is 2.48. The van der Waals surface area contributed by atoms with Gasteiger partial charge >= 0.3 is 0 Å². The Morgan fingerprint density at radius 3 is 2.43 bits per heavy atom. The average Bonchev–Trinajstić information content (AvgIpc) is 2.54. The van der Waals surface area contributed by atoms with E-state index in [1.54, 1.807) is 6.66 Å². The maximum atomic E-state index is 12.5. The van der Waals surface area contributed by atoms with Gasteiger partial charge in [0.2, 0.25) is 7.37 Å². The molecule has 0 aromatic heterocycles. The molecule has 1 unspecified atom stereocenters. The Bertz CT molecular complexity index is 655. The predicted octanol–water partition coefficient (Wildman–Crippen LogP) is 5.14. The van der Waals surface area contributed by atoms with Gasteiger partial charge in [0.25, 0.3) is 0 Å². The molecule has 0 heterocycles. The van der Waals surface area contributed by atoms with Gasteiger partial charge in [-0.15, -0.1) is 0 Å². The van der Waals surface area contributed by atoms with E-state index in [2.05, 4.69) is 0 Å². The van der Waals surface area contributed by atoms with Crippen LogP contribution in [0.4, 0.5) is 0 Å². The van der Waals surface area contributed by atoms with E-state index in [1.165, 1.54) is 0 Å². The summed E-state index contributed by atoms with van der Waals surface area (Å²) in [7, 11) is -2.57. The third-order valence-electron chi connectivity index (χ3n) is 3.86. The molecule has 3 nitrogen and oxygen atoms in total. The number of benzene rings is 2. The highest BCUT2D eigenvalue weighted by molar-refractivity contribution is 7.58. The number of hydrogen-bond acceptors (Lipinski definition) is 3. The molecular formula is C19H25O3P. The SMILES string of the molecule is CCOP(C)(=O)[C@H](C)Cc1cccc(OCc2ccccc2)c1. The number of rotatable bonds is 8. The van der Waals surface area contributed by atoms with Crippen molar-refractivity contribution in [3.8, 4) is 5.75 Å². The first kappa shape index (κ1) is 17.8. The van der Waals surface area contributed by atoms with E-state index in [4.69, 9.17) is 9.26 Å². The van der Waals surface area contributed by atoms with E-state index in [1.807, 2.05) is 68.4 Å². The minimum absolute atomic E-state index is 0.00757. The molecule has 2 aromatic rings. The predicted molar refractivity (Wildman–Crippen MR) is 95.5 cm³/mol. The first-order chi connectivity index (χ1) is 11.0. The van der Waals surface area contributed by atoms with Crippen molar-refractivity contribution in [2.45, 2.75) is 32.5 Å². The molecule has 0 amide bonds. The minimum atomic E-state index is -2.57. The summed E-state index contributed by atoms with van der Waals surface area (Å²) in [6.45, 7) is 6.61. The zero-order valence-electron chi connectivity index (χ0n) is 14.1. The molecule has 0 aliphatic heterocycles.